The summed E-state index contributed by atoms with van der Waals surface area (Å²) in [5.74, 6) is -2.49. The van der Waals surface area contributed by atoms with Crippen LogP contribution in [0.3, 0.4) is 0 Å². The van der Waals surface area contributed by atoms with Gasteiger partial charge in [-0.15, -0.1) is 0 Å². The predicted molar refractivity (Wildman–Crippen MR) is 87.3 cm³/mol. The number of carbonyl (C=O) groups excluding carboxylic acids is 2. The molecule has 116 valence electrons. The first kappa shape index (κ1) is 15.6. The largest absolute Gasteiger partial charge is 0.293 e. The van der Waals surface area contributed by atoms with Crippen LogP contribution in [0.1, 0.15) is 32.2 Å². The molecule has 0 aliphatic heterocycles. The van der Waals surface area contributed by atoms with E-state index in [1.165, 1.54) is 0 Å². The van der Waals surface area contributed by atoms with Gasteiger partial charge in [0.05, 0.1) is 11.8 Å². The van der Waals surface area contributed by atoms with E-state index in [-0.39, 0.29) is 11.6 Å². The fourth-order valence-corrected chi connectivity index (χ4v) is 3.45. The molecule has 3 rings (SSSR count). The Bertz CT molecular complexity index is 783. The van der Waals surface area contributed by atoms with Crippen molar-refractivity contribution in [1.29, 1.82) is 0 Å². The number of nitro groups is 1. The van der Waals surface area contributed by atoms with Gasteiger partial charge < -0.3 is 0 Å². The Kier molecular flexibility index (Phi) is 4.09. The molecule has 1 unspecified atom stereocenters. The van der Waals surface area contributed by atoms with Gasteiger partial charge in [-0.1, -0.05) is 52.3 Å². The molecule has 1 aliphatic carbocycles. The Hall–Kier alpha value is -2.34. The van der Waals surface area contributed by atoms with Crippen LogP contribution in [0, 0.1) is 16.0 Å². The first-order valence-corrected chi connectivity index (χ1v) is 7.83. The molecule has 5 nitrogen and oxygen atoms in total. The van der Waals surface area contributed by atoms with E-state index in [9.17, 15) is 19.7 Å². The lowest BCUT2D eigenvalue weighted by Crippen LogP contribution is -2.29. The van der Waals surface area contributed by atoms with E-state index in [0.717, 1.165) is 4.47 Å². The number of rotatable bonds is 4. The Morgan fingerprint density at radius 1 is 1.04 bits per heavy atom. The molecule has 0 N–H and O–H groups in total. The maximum Gasteiger partial charge on any atom is 0.211 e. The van der Waals surface area contributed by atoms with Crippen molar-refractivity contribution in [2.24, 2.45) is 5.92 Å². The van der Waals surface area contributed by atoms with Gasteiger partial charge in [-0.05, 0) is 17.7 Å². The lowest BCUT2D eigenvalue weighted by molar-refractivity contribution is -0.484. The van der Waals surface area contributed by atoms with Gasteiger partial charge in [0.2, 0.25) is 6.54 Å². The summed E-state index contributed by atoms with van der Waals surface area (Å²) in [6, 6.07) is 13.5. The summed E-state index contributed by atoms with van der Waals surface area (Å²) in [4.78, 5) is 35.9. The van der Waals surface area contributed by atoms with Crippen molar-refractivity contribution >= 4 is 27.5 Å². The SMILES string of the molecule is O=C1c2ccccc2C(=O)C1C(C[N+](=O)[O-])c1cccc(Br)c1. The maximum atomic E-state index is 12.6. The van der Waals surface area contributed by atoms with Crippen molar-refractivity contribution in [3.8, 4) is 0 Å². The monoisotopic (exact) mass is 373 g/mol. The van der Waals surface area contributed by atoms with Gasteiger partial charge in [0, 0.05) is 20.5 Å². The molecule has 0 fully saturated rings. The fraction of sp³-hybridized carbons (Fsp3) is 0.176. The van der Waals surface area contributed by atoms with Crippen molar-refractivity contribution in [1.82, 2.24) is 0 Å². The minimum atomic E-state index is -1.04. The third-order valence-corrected chi connectivity index (χ3v) is 4.54. The average molecular weight is 374 g/mol. The number of ketones is 2. The maximum absolute atomic E-state index is 12.6. The van der Waals surface area contributed by atoms with E-state index in [4.69, 9.17) is 0 Å². The van der Waals surface area contributed by atoms with Crippen LogP contribution in [0.25, 0.3) is 0 Å². The molecule has 0 aromatic heterocycles. The van der Waals surface area contributed by atoms with Gasteiger partial charge in [-0.25, -0.2) is 0 Å². The van der Waals surface area contributed by atoms with Gasteiger partial charge in [0.1, 0.15) is 0 Å². The van der Waals surface area contributed by atoms with Crippen LogP contribution in [0.5, 0.6) is 0 Å². The molecule has 0 saturated heterocycles. The molecule has 2 aromatic carbocycles. The minimum absolute atomic E-state index is 0.336. The van der Waals surface area contributed by atoms with Gasteiger partial charge in [-0.2, -0.15) is 0 Å². The van der Waals surface area contributed by atoms with E-state index in [1.807, 2.05) is 0 Å². The molecule has 0 radical (unpaired) electrons. The lowest BCUT2D eigenvalue weighted by atomic mass is 9.83. The normalized spacial score (nSPS) is 15.5. The molecule has 2 aromatic rings. The van der Waals surface area contributed by atoms with E-state index in [1.54, 1.807) is 48.5 Å². The van der Waals surface area contributed by atoms with Gasteiger partial charge in [0.15, 0.2) is 11.6 Å². The molecular formula is C17H12BrNO4. The van der Waals surface area contributed by atoms with E-state index >= 15 is 0 Å². The highest BCUT2D eigenvalue weighted by Gasteiger charge is 2.45. The zero-order valence-corrected chi connectivity index (χ0v) is 13.5. The Balaban J connectivity index is 2.07. The summed E-state index contributed by atoms with van der Waals surface area (Å²) in [7, 11) is 0. The second kappa shape index (κ2) is 6.04. The number of nitrogens with zero attached hydrogens (tertiary/aromatic N) is 1. The standard InChI is InChI=1S/C17H12BrNO4/c18-11-5-3-4-10(8-11)14(9-19(22)23)15-16(20)12-6-1-2-7-13(12)17(15)21/h1-8,14-15H,9H2. The number of hydrogen-bond acceptors (Lipinski definition) is 4. The zero-order valence-electron chi connectivity index (χ0n) is 11.9. The topological polar surface area (TPSA) is 77.3 Å². The highest BCUT2D eigenvalue weighted by atomic mass is 79.9. The third-order valence-electron chi connectivity index (χ3n) is 4.05. The number of hydrogen-bond donors (Lipinski definition) is 0. The average Bonchev–Trinajstić information content (AvgIpc) is 2.77. The molecule has 0 saturated carbocycles. The molecule has 0 spiro atoms. The zero-order chi connectivity index (χ0) is 16.6. The summed E-state index contributed by atoms with van der Waals surface area (Å²) in [5, 5.41) is 11.1. The predicted octanol–water partition coefficient (Wildman–Crippen LogP) is 3.50. The molecule has 1 atom stereocenters. The van der Waals surface area contributed by atoms with Crippen molar-refractivity contribution in [3.05, 3.63) is 79.8 Å². The molecule has 6 heteroatoms. The van der Waals surface area contributed by atoms with Crippen molar-refractivity contribution < 1.29 is 14.5 Å². The summed E-state index contributed by atoms with van der Waals surface area (Å²) in [6.45, 7) is -0.466. The van der Waals surface area contributed by atoms with E-state index in [0.29, 0.717) is 16.7 Å². The molecule has 23 heavy (non-hydrogen) atoms. The summed E-state index contributed by atoms with van der Waals surface area (Å²) in [5.41, 5.74) is 1.31. The lowest BCUT2D eigenvalue weighted by Gasteiger charge is -2.18. The van der Waals surface area contributed by atoms with Crippen molar-refractivity contribution in [2.75, 3.05) is 6.54 Å². The highest BCUT2D eigenvalue weighted by Crippen LogP contribution is 2.37. The van der Waals surface area contributed by atoms with Crippen LogP contribution in [-0.2, 0) is 0 Å². The molecule has 0 heterocycles. The minimum Gasteiger partial charge on any atom is -0.293 e. The van der Waals surface area contributed by atoms with Crippen LogP contribution < -0.4 is 0 Å². The number of benzene rings is 2. The summed E-state index contributed by atoms with van der Waals surface area (Å²) in [6.07, 6.45) is 0. The quantitative estimate of drug-likeness (QED) is 0.466. The second-order valence-electron chi connectivity index (χ2n) is 5.43. The highest BCUT2D eigenvalue weighted by molar-refractivity contribution is 9.10. The van der Waals surface area contributed by atoms with Crippen LogP contribution in [0.4, 0.5) is 0 Å². The van der Waals surface area contributed by atoms with E-state index < -0.39 is 23.3 Å². The number of carbonyl (C=O) groups is 2. The second-order valence-corrected chi connectivity index (χ2v) is 6.34. The molecule has 0 bridgehead atoms. The van der Waals surface area contributed by atoms with Crippen LogP contribution in [-0.4, -0.2) is 23.0 Å². The van der Waals surface area contributed by atoms with Gasteiger partial charge in [0.25, 0.3) is 0 Å². The van der Waals surface area contributed by atoms with Crippen LogP contribution in [0.2, 0.25) is 0 Å². The fourth-order valence-electron chi connectivity index (χ4n) is 3.03. The van der Waals surface area contributed by atoms with Crippen LogP contribution >= 0.6 is 15.9 Å². The number of fused-ring (bicyclic) bond motifs is 1. The molecule has 0 amide bonds. The summed E-state index contributed by atoms with van der Waals surface area (Å²) < 4.78 is 0.749. The Morgan fingerprint density at radius 3 is 2.17 bits per heavy atom. The first-order valence-electron chi connectivity index (χ1n) is 7.03. The smallest absolute Gasteiger partial charge is 0.211 e. The van der Waals surface area contributed by atoms with Gasteiger partial charge >= 0.3 is 0 Å². The summed E-state index contributed by atoms with van der Waals surface area (Å²) >= 11 is 3.32. The molecular weight excluding hydrogens is 362 g/mol. The Labute approximate surface area is 140 Å². The first-order chi connectivity index (χ1) is 11.0. The van der Waals surface area contributed by atoms with Crippen LogP contribution in [0.15, 0.2) is 53.0 Å². The van der Waals surface area contributed by atoms with Crippen molar-refractivity contribution in [3.63, 3.8) is 0 Å². The Morgan fingerprint density at radius 2 is 1.65 bits per heavy atom. The number of Topliss-reactive ketones (excluding diaryl/α,β-unsaturated/α-hetero) is 2. The number of halogens is 1. The van der Waals surface area contributed by atoms with E-state index in [2.05, 4.69) is 15.9 Å². The van der Waals surface area contributed by atoms with Crippen molar-refractivity contribution in [2.45, 2.75) is 5.92 Å². The van der Waals surface area contributed by atoms with Gasteiger partial charge in [-0.3, -0.25) is 19.7 Å². The molecule has 1 aliphatic rings. The third kappa shape index (κ3) is 2.82.